The van der Waals surface area contributed by atoms with Gasteiger partial charge in [-0.2, -0.15) is 0 Å². The Morgan fingerprint density at radius 3 is 2.47 bits per heavy atom. The number of Topliss-reactive ketones (excluding diaryl/α,β-unsaturated/α-hetero) is 1. The summed E-state index contributed by atoms with van der Waals surface area (Å²) in [5, 5.41) is 0. The molecular weight excluding hydrogens is 248 g/mol. The van der Waals surface area contributed by atoms with Crippen LogP contribution in [0.25, 0.3) is 0 Å². The van der Waals surface area contributed by atoms with Crippen molar-refractivity contribution in [3.05, 3.63) is 23.8 Å². The van der Waals surface area contributed by atoms with Gasteiger partial charge in [-0.05, 0) is 39.0 Å². The second kappa shape index (κ2) is 6.78. The number of methoxy groups -OCH3 is 1. The molecule has 0 atom stereocenters. The van der Waals surface area contributed by atoms with Crippen molar-refractivity contribution in [1.29, 1.82) is 0 Å². The maximum atomic E-state index is 11.9. The lowest BCUT2D eigenvalue weighted by Crippen LogP contribution is -2.18. The monoisotopic (exact) mass is 266 g/mol. The Morgan fingerprint density at radius 1 is 1.26 bits per heavy atom. The Balaban J connectivity index is 3.08. The maximum absolute atomic E-state index is 11.9. The van der Waals surface area contributed by atoms with E-state index in [1.54, 1.807) is 19.1 Å². The van der Waals surface area contributed by atoms with Gasteiger partial charge < -0.3 is 14.2 Å². The average molecular weight is 266 g/mol. The van der Waals surface area contributed by atoms with E-state index in [4.69, 9.17) is 14.2 Å². The van der Waals surface area contributed by atoms with Gasteiger partial charge in [-0.25, -0.2) is 4.79 Å². The lowest BCUT2D eigenvalue weighted by molar-refractivity contribution is -0.137. The summed E-state index contributed by atoms with van der Waals surface area (Å²) in [5.41, 5.74) is 0.138. The molecule has 0 aromatic heterocycles. The zero-order chi connectivity index (χ0) is 14.4. The second-order valence-electron chi connectivity index (χ2n) is 4.08. The molecular formula is C14H18O5. The Kier molecular flexibility index (Phi) is 5.36. The molecule has 19 heavy (non-hydrogen) atoms. The van der Waals surface area contributed by atoms with Gasteiger partial charge in [-0.15, -0.1) is 0 Å². The van der Waals surface area contributed by atoms with Gasteiger partial charge in [0.25, 0.3) is 5.78 Å². The second-order valence-corrected chi connectivity index (χ2v) is 4.08. The van der Waals surface area contributed by atoms with Crippen LogP contribution in [0.2, 0.25) is 0 Å². The minimum absolute atomic E-state index is 0.0288. The smallest absolute Gasteiger partial charge is 0.379 e. The fourth-order valence-electron chi connectivity index (χ4n) is 1.52. The van der Waals surface area contributed by atoms with Gasteiger partial charge >= 0.3 is 5.97 Å². The van der Waals surface area contributed by atoms with Gasteiger partial charge in [0, 0.05) is 0 Å². The summed E-state index contributed by atoms with van der Waals surface area (Å²) in [5.74, 6) is -0.826. The van der Waals surface area contributed by atoms with Crippen LogP contribution in [0.5, 0.6) is 11.5 Å². The van der Waals surface area contributed by atoms with Crippen molar-refractivity contribution in [3.63, 3.8) is 0 Å². The van der Waals surface area contributed by atoms with Crippen LogP contribution < -0.4 is 9.47 Å². The molecule has 5 heteroatoms. The van der Waals surface area contributed by atoms with Crippen molar-refractivity contribution >= 4 is 11.8 Å². The third kappa shape index (κ3) is 3.98. The zero-order valence-electron chi connectivity index (χ0n) is 11.6. The minimum atomic E-state index is -0.900. The predicted molar refractivity (Wildman–Crippen MR) is 69.7 cm³/mol. The van der Waals surface area contributed by atoms with Crippen LogP contribution in [0.1, 0.15) is 31.1 Å². The van der Waals surface area contributed by atoms with Gasteiger partial charge in [-0.3, -0.25) is 4.79 Å². The van der Waals surface area contributed by atoms with Gasteiger partial charge in [0.15, 0.2) is 0 Å². The first-order chi connectivity index (χ1) is 8.99. The van der Waals surface area contributed by atoms with E-state index < -0.39 is 11.8 Å². The number of ether oxygens (including phenoxy) is 3. The summed E-state index contributed by atoms with van der Waals surface area (Å²) in [6.45, 7) is 5.53. The molecule has 1 aromatic rings. The molecule has 0 bridgehead atoms. The summed E-state index contributed by atoms with van der Waals surface area (Å²) < 4.78 is 15.2. The molecule has 5 nitrogen and oxygen atoms in total. The number of carbonyl (C=O) groups excluding carboxylic acids is 2. The van der Waals surface area contributed by atoms with Crippen LogP contribution in [-0.2, 0) is 9.53 Å². The summed E-state index contributed by atoms with van der Waals surface area (Å²) in [6.07, 6.45) is -0.0288. The SMILES string of the molecule is CCOC(=O)C(=O)c1cc(OC(C)C)ccc1OC. The zero-order valence-corrected chi connectivity index (χ0v) is 11.6. The molecule has 0 heterocycles. The maximum Gasteiger partial charge on any atom is 0.379 e. The number of hydrogen-bond donors (Lipinski definition) is 0. The molecule has 0 saturated carbocycles. The molecule has 0 aliphatic rings. The average Bonchev–Trinajstić information content (AvgIpc) is 2.37. The molecule has 1 rings (SSSR count). The largest absolute Gasteiger partial charge is 0.496 e. The third-order valence-corrected chi connectivity index (χ3v) is 2.25. The van der Waals surface area contributed by atoms with E-state index in [0.717, 1.165) is 0 Å². The first-order valence-electron chi connectivity index (χ1n) is 6.05. The molecule has 0 saturated heterocycles. The predicted octanol–water partition coefficient (Wildman–Crippen LogP) is 2.23. The fourth-order valence-corrected chi connectivity index (χ4v) is 1.52. The highest BCUT2D eigenvalue weighted by Gasteiger charge is 2.22. The van der Waals surface area contributed by atoms with Gasteiger partial charge in [0.2, 0.25) is 0 Å². The third-order valence-electron chi connectivity index (χ3n) is 2.25. The first kappa shape index (κ1) is 15.0. The van der Waals surface area contributed by atoms with E-state index >= 15 is 0 Å². The van der Waals surface area contributed by atoms with Crippen molar-refractivity contribution < 1.29 is 23.8 Å². The van der Waals surface area contributed by atoms with Crippen molar-refractivity contribution in [1.82, 2.24) is 0 Å². The highest BCUT2D eigenvalue weighted by atomic mass is 16.5. The van der Waals surface area contributed by atoms with E-state index in [9.17, 15) is 9.59 Å². The molecule has 104 valence electrons. The number of esters is 1. The van der Waals surface area contributed by atoms with Gasteiger partial charge in [0.1, 0.15) is 11.5 Å². The van der Waals surface area contributed by atoms with E-state index in [2.05, 4.69) is 0 Å². The first-order valence-corrected chi connectivity index (χ1v) is 6.05. The molecule has 0 aliphatic carbocycles. The van der Waals surface area contributed by atoms with Crippen LogP contribution in [0, 0.1) is 0 Å². The fraction of sp³-hybridized carbons (Fsp3) is 0.429. The van der Waals surface area contributed by atoms with Gasteiger partial charge in [-0.1, -0.05) is 0 Å². The number of hydrogen-bond acceptors (Lipinski definition) is 5. The van der Waals surface area contributed by atoms with E-state index in [1.165, 1.54) is 13.2 Å². The van der Waals surface area contributed by atoms with E-state index in [-0.39, 0.29) is 18.3 Å². The van der Waals surface area contributed by atoms with Crippen LogP contribution >= 0.6 is 0 Å². The van der Waals surface area contributed by atoms with Crippen molar-refractivity contribution in [3.8, 4) is 11.5 Å². The summed E-state index contributed by atoms with van der Waals surface area (Å²) >= 11 is 0. The van der Waals surface area contributed by atoms with Crippen molar-refractivity contribution in [2.24, 2.45) is 0 Å². The van der Waals surface area contributed by atoms with Crippen LogP contribution in [0.3, 0.4) is 0 Å². The Labute approximate surface area is 112 Å². The minimum Gasteiger partial charge on any atom is -0.496 e. The molecule has 0 unspecified atom stereocenters. The summed E-state index contributed by atoms with van der Waals surface area (Å²) in [6, 6.07) is 4.75. The van der Waals surface area contributed by atoms with Crippen LogP contribution in [-0.4, -0.2) is 31.6 Å². The molecule has 0 N–H and O–H groups in total. The molecule has 0 amide bonds. The molecule has 0 radical (unpaired) electrons. The Hall–Kier alpha value is -2.04. The standard InChI is InChI=1S/C14H18O5/c1-5-18-14(16)13(15)11-8-10(19-9(2)3)6-7-12(11)17-4/h6-9H,5H2,1-4H3. The van der Waals surface area contributed by atoms with E-state index in [0.29, 0.717) is 11.5 Å². The Morgan fingerprint density at radius 2 is 1.95 bits per heavy atom. The number of rotatable bonds is 6. The van der Waals surface area contributed by atoms with Gasteiger partial charge in [0.05, 0.1) is 25.4 Å². The van der Waals surface area contributed by atoms with Crippen LogP contribution in [0.15, 0.2) is 18.2 Å². The summed E-state index contributed by atoms with van der Waals surface area (Å²) in [4.78, 5) is 23.4. The quantitative estimate of drug-likeness (QED) is 0.449. The topological polar surface area (TPSA) is 61.8 Å². The highest BCUT2D eigenvalue weighted by molar-refractivity contribution is 6.41. The number of ketones is 1. The summed E-state index contributed by atoms with van der Waals surface area (Å²) in [7, 11) is 1.43. The molecule has 0 aliphatic heterocycles. The number of carbonyl (C=O) groups is 2. The van der Waals surface area contributed by atoms with E-state index in [1.807, 2.05) is 13.8 Å². The lowest BCUT2D eigenvalue weighted by atomic mass is 10.1. The molecule has 1 aromatic carbocycles. The van der Waals surface area contributed by atoms with Crippen molar-refractivity contribution in [2.45, 2.75) is 26.9 Å². The lowest BCUT2D eigenvalue weighted by Gasteiger charge is -2.12. The molecule has 0 fully saturated rings. The highest BCUT2D eigenvalue weighted by Crippen LogP contribution is 2.25. The van der Waals surface area contributed by atoms with Crippen molar-refractivity contribution in [2.75, 3.05) is 13.7 Å². The Bertz CT molecular complexity index is 465. The molecule has 0 spiro atoms. The number of benzene rings is 1. The normalized spacial score (nSPS) is 10.2. The van der Waals surface area contributed by atoms with Crippen LogP contribution in [0.4, 0.5) is 0 Å².